The second-order valence-electron chi connectivity index (χ2n) is 4.23. The van der Waals surface area contributed by atoms with E-state index in [0.717, 1.165) is 28.9 Å². The molecular formula is C13H12N2O3. The third-order valence-corrected chi connectivity index (χ3v) is 3.05. The number of aromatic nitrogens is 2. The summed E-state index contributed by atoms with van der Waals surface area (Å²) in [5.41, 5.74) is 3.17. The van der Waals surface area contributed by atoms with Crippen LogP contribution in [0.25, 0.3) is 11.3 Å². The zero-order valence-electron chi connectivity index (χ0n) is 10.1. The van der Waals surface area contributed by atoms with Crippen molar-refractivity contribution >= 4 is 6.29 Å². The highest BCUT2D eigenvalue weighted by atomic mass is 16.7. The van der Waals surface area contributed by atoms with E-state index in [9.17, 15) is 4.79 Å². The molecule has 0 amide bonds. The number of carbonyl (C=O) groups is 1. The number of hydrogen-bond acceptors (Lipinski definition) is 4. The number of aryl methyl sites for hydroxylation is 2. The van der Waals surface area contributed by atoms with Crippen LogP contribution in [0, 0.1) is 6.92 Å². The predicted octanol–water partition coefficient (Wildman–Crippen LogP) is 1.94. The molecule has 0 spiro atoms. The number of imidazole rings is 1. The van der Waals surface area contributed by atoms with Gasteiger partial charge in [0, 0.05) is 12.6 Å². The van der Waals surface area contributed by atoms with Gasteiger partial charge in [0.15, 0.2) is 17.8 Å². The number of carbonyl (C=O) groups excluding carboxylic acids is 1. The summed E-state index contributed by atoms with van der Waals surface area (Å²) < 4.78 is 12.5. The molecule has 0 atom stereocenters. The summed E-state index contributed by atoms with van der Waals surface area (Å²) in [7, 11) is 1.86. The van der Waals surface area contributed by atoms with E-state index in [1.165, 1.54) is 0 Å². The molecule has 5 heteroatoms. The topological polar surface area (TPSA) is 53.4 Å². The van der Waals surface area contributed by atoms with E-state index in [-0.39, 0.29) is 6.79 Å². The Morgan fingerprint density at radius 2 is 2.06 bits per heavy atom. The van der Waals surface area contributed by atoms with Crippen molar-refractivity contribution in [3.8, 4) is 22.8 Å². The first kappa shape index (κ1) is 10.8. The Morgan fingerprint density at radius 3 is 2.78 bits per heavy atom. The summed E-state index contributed by atoms with van der Waals surface area (Å²) in [6, 6.07) is 3.81. The smallest absolute Gasteiger partial charge is 0.231 e. The van der Waals surface area contributed by atoms with E-state index in [4.69, 9.17) is 9.47 Å². The molecule has 0 fully saturated rings. The largest absolute Gasteiger partial charge is 0.454 e. The highest BCUT2D eigenvalue weighted by Crippen LogP contribution is 2.38. The first-order valence-electron chi connectivity index (χ1n) is 5.58. The quantitative estimate of drug-likeness (QED) is 0.757. The van der Waals surface area contributed by atoms with Gasteiger partial charge in [0.05, 0.1) is 12.0 Å². The van der Waals surface area contributed by atoms with Crippen molar-refractivity contribution in [3.05, 3.63) is 29.7 Å². The minimum absolute atomic E-state index is 0.240. The van der Waals surface area contributed by atoms with Gasteiger partial charge >= 0.3 is 0 Å². The highest BCUT2D eigenvalue weighted by Gasteiger charge is 2.19. The number of benzene rings is 1. The summed E-state index contributed by atoms with van der Waals surface area (Å²) in [5.74, 6) is 1.44. The average molecular weight is 244 g/mol. The standard InChI is InChI=1S/C13H12N2O3/c1-8-3-11-12(18-7-17-11)4-9(8)13-10(5-16)14-6-15(13)2/h3-6H,7H2,1-2H3. The number of ether oxygens (including phenoxy) is 2. The van der Waals surface area contributed by atoms with Gasteiger partial charge in [0.25, 0.3) is 0 Å². The molecule has 1 aromatic carbocycles. The number of hydrogen-bond donors (Lipinski definition) is 0. The number of rotatable bonds is 2. The van der Waals surface area contributed by atoms with Gasteiger partial charge in [0.1, 0.15) is 5.69 Å². The maximum atomic E-state index is 11.0. The fraction of sp³-hybridized carbons (Fsp3) is 0.231. The predicted molar refractivity (Wildman–Crippen MR) is 64.9 cm³/mol. The Bertz CT molecular complexity index is 631. The van der Waals surface area contributed by atoms with E-state index >= 15 is 0 Å². The van der Waals surface area contributed by atoms with E-state index in [1.54, 1.807) is 6.33 Å². The van der Waals surface area contributed by atoms with Gasteiger partial charge < -0.3 is 14.0 Å². The molecule has 0 saturated heterocycles. The van der Waals surface area contributed by atoms with Crippen molar-refractivity contribution in [2.45, 2.75) is 6.92 Å². The molecule has 0 bridgehead atoms. The van der Waals surface area contributed by atoms with Crippen molar-refractivity contribution in [1.29, 1.82) is 0 Å². The van der Waals surface area contributed by atoms with Gasteiger partial charge in [0.2, 0.25) is 6.79 Å². The fourth-order valence-electron chi connectivity index (χ4n) is 2.16. The van der Waals surface area contributed by atoms with E-state index < -0.39 is 0 Å². The fourth-order valence-corrected chi connectivity index (χ4v) is 2.16. The zero-order valence-corrected chi connectivity index (χ0v) is 10.1. The number of nitrogens with zero attached hydrogens (tertiary/aromatic N) is 2. The van der Waals surface area contributed by atoms with Gasteiger partial charge in [-0.2, -0.15) is 0 Å². The van der Waals surface area contributed by atoms with Crippen LogP contribution in [0.4, 0.5) is 0 Å². The minimum atomic E-state index is 0.240. The van der Waals surface area contributed by atoms with Crippen LogP contribution >= 0.6 is 0 Å². The summed E-state index contributed by atoms with van der Waals surface area (Å²) in [6.45, 7) is 2.21. The van der Waals surface area contributed by atoms with Crippen LogP contribution in [-0.4, -0.2) is 22.6 Å². The lowest BCUT2D eigenvalue weighted by atomic mass is 10.0. The Kier molecular flexibility index (Phi) is 2.33. The lowest BCUT2D eigenvalue weighted by Crippen LogP contribution is -1.95. The lowest BCUT2D eigenvalue weighted by molar-refractivity contribution is 0.112. The van der Waals surface area contributed by atoms with Crippen LogP contribution in [-0.2, 0) is 7.05 Å². The van der Waals surface area contributed by atoms with Crippen LogP contribution in [0.3, 0.4) is 0 Å². The molecule has 3 rings (SSSR count). The Labute approximate surface area is 104 Å². The molecule has 0 saturated carbocycles. The zero-order chi connectivity index (χ0) is 12.7. The van der Waals surface area contributed by atoms with Gasteiger partial charge in [-0.05, 0) is 24.6 Å². The molecule has 0 unspecified atom stereocenters. The third-order valence-electron chi connectivity index (χ3n) is 3.05. The highest BCUT2D eigenvalue weighted by molar-refractivity contribution is 5.85. The lowest BCUT2D eigenvalue weighted by Gasteiger charge is -2.09. The maximum absolute atomic E-state index is 11.0. The summed E-state index contributed by atoms with van der Waals surface area (Å²) in [6.07, 6.45) is 2.39. The molecular weight excluding hydrogens is 232 g/mol. The first-order chi connectivity index (χ1) is 8.70. The van der Waals surface area contributed by atoms with E-state index in [0.29, 0.717) is 11.4 Å². The third kappa shape index (κ3) is 1.48. The molecule has 0 aliphatic carbocycles. The van der Waals surface area contributed by atoms with Gasteiger partial charge in [-0.15, -0.1) is 0 Å². The SMILES string of the molecule is Cc1cc2c(cc1-c1c(C=O)ncn1C)OCO2. The molecule has 18 heavy (non-hydrogen) atoms. The molecule has 92 valence electrons. The molecule has 2 heterocycles. The van der Waals surface area contributed by atoms with Crippen LogP contribution in [0.1, 0.15) is 16.1 Å². The Morgan fingerprint density at radius 1 is 1.33 bits per heavy atom. The van der Waals surface area contributed by atoms with Gasteiger partial charge in [-0.1, -0.05) is 0 Å². The molecule has 0 radical (unpaired) electrons. The molecule has 1 aliphatic rings. The van der Waals surface area contributed by atoms with Crippen LogP contribution in [0.5, 0.6) is 11.5 Å². The second kappa shape index (κ2) is 3.87. The van der Waals surface area contributed by atoms with Crippen LogP contribution < -0.4 is 9.47 Å². The van der Waals surface area contributed by atoms with E-state index in [1.807, 2.05) is 30.7 Å². The average Bonchev–Trinajstić information content (AvgIpc) is 2.94. The Hall–Kier alpha value is -2.30. The normalized spacial score (nSPS) is 12.8. The van der Waals surface area contributed by atoms with Gasteiger partial charge in [-0.3, -0.25) is 4.79 Å². The summed E-state index contributed by atoms with van der Waals surface area (Å²) in [4.78, 5) is 15.1. The van der Waals surface area contributed by atoms with Crippen molar-refractivity contribution in [2.24, 2.45) is 7.05 Å². The first-order valence-corrected chi connectivity index (χ1v) is 5.58. The van der Waals surface area contributed by atoms with Crippen molar-refractivity contribution in [1.82, 2.24) is 9.55 Å². The van der Waals surface area contributed by atoms with Crippen molar-refractivity contribution in [2.75, 3.05) is 6.79 Å². The summed E-state index contributed by atoms with van der Waals surface area (Å²) in [5, 5.41) is 0. The van der Waals surface area contributed by atoms with Crippen LogP contribution in [0.2, 0.25) is 0 Å². The summed E-state index contributed by atoms with van der Waals surface area (Å²) >= 11 is 0. The molecule has 1 aliphatic heterocycles. The number of aldehydes is 1. The number of fused-ring (bicyclic) bond motifs is 1. The maximum Gasteiger partial charge on any atom is 0.231 e. The molecule has 0 N–H and O–H groups in total. The molecule has 1 aromatic heterocycles. The van der Waals surface area contributed by atoms with Crippen molar-refractivity contribution in [3.63, 3.8) is 0 Å². The van der Waals surface area contributed by atoms with Crippen molar-refractivity contribution < 1.29 is 14.3 Å². The second-order valence-corrected chi connectivity index (χ2v) is 4.23. The molecule has 2 aromatic rings. The van der Waals surface area contributed by atoms with Crippen LogP contribution in [0.15, 0.2) is 18.5 Å². The minimum Gasteiger partial charge on any atom is -0.454 e. The van der Waals surface area contributed by atoms with E-state index in [2.05, 4.69) is 4.98 Å². The monoisotopic (exact) mass is 244 g/mol. The Balaban J connectivity index is 2.23. The molecule has 5 nitrogen and oxygen atoms in total. The van der Waals surface area contributed by atoms with Gasteiger partial charge in [-0.25, -0.2) is 4.98 Å².